The van der Waals surface area contributed by atoms with Crippen molar-refractivity contribution >= 4 is 0 Å². The fourth-order valence-corrected chi connectivity index (χ4v) is 5.80. The number of unbranched alkanes of at least 4 members (excludes halogenated alkanes) is 4. The van der Waals surface area contributed by atoms with Gasteiger partial charge in [0, 0.05) is 19.0 Å². The van der Waals surface area contributed by atoms with E-state index in [1.54, 1.807) is 5.57 Å². The van der Waals surface area contributed by atoms with Crippen LogP contribution in [0.1, 0.15) is 84.5 Å². The molecule has 5 atom stereocenters. The summed E-state index contributed by atoms with van der Waals surface area (Å²) in [6.07, 6.45) is 19.0. The van der Waals surface area contributed by atoms with Crippen LogP contribution in [0, 0.1) is 17.8 Å². The number of aliphatic hydroxyl groups excluding tert-OH is 1. The molecule has 2 aliphatic carbocycles. The zero-order valence-electron chi connectivity index (χ0n) is 20.1. The fourth-order valence-electron chi connectivity index (χ4n) is 5.80. The van der Waals surface area contributed by atoms with Crippen LogP contribution in [0.25, 0.3) is 0 Å². The molecule has 0 amide bonds. The predicted octanol–water partition coefficient (Wildman–Crippen LogP) is 5.10. The van der Waals surface area contributed by atoms with E-state index in [1.165, 1.54) is 38.6 Å². The van der Waals surface area contributed by atoms with Crippen LogP contribution in [0.5, 0.6) is 0 Å². The van der Waals surface area contributed by atoms with Gasteiger partial charge in [0.2, 0.25) is 0 Å². The van der Waals surface area contributed by atoms with E-state index in [0.717, 1.165) is 58.4 Å². The summed E-state index contributed by atoms with van der Waals surface area (Å²) in [5, 5.41) is 21.1. The van der Waals surface area contributed by atoms with Crippen molar-refractivity contribution in [1.82, 2.24) is 4.90 Å². The molecule has 1 aliphatic heterocycles. The maximum atomic E-state index is 10.6. The monoisotopic (exact) mass is 433 g/mol. The maximum Gasteiger partial charge on any atom is 0.0654 e. The van der Waals surface area contributed by atoms with E-state index in [0.29, 0.717) is 18.3 Å². The minimum absolute atomic E-state index is 0.218. The van der Waals surface area contributed by atoms with Gasteiger partial charge in [0.25, 0.3) is 0 Å². The summed E-state index contributed by atoms with van der Waals surface area (Å²) in [5.74, 6) is 1.39. The molecule has 2 N–H and O–H groups in total. The summed E-state index contributed by atoms with van der Waals surface area (Å²) < 4.78 is 5.42. The van der Waals surface area contributed by atoms with Crippen molar-refractivity contribution in [2.24, 2.45) is 17.8 Å². The number of allylic oxidation sites excluding steroid dienone is 2. The van der Waals surface area contributed by atoms with Crippen molar-refractivity contribution in [3.63, 3.8) is 0 Å². The van der Waals surface area contributed by atoms with Gasteiger partial charge in [-0.25, -0.2) is 0 Å². The van der Waals surface area contributed by atoms with Crippen LogP contribution in [0.3, 0.4) is 0 Å². The third kappa shape index (κ3) is 7.99. The lowest BCUT2D eigenvalue weighted by Gasteiger charge is -2.26. The van der Waals surface area contributed by atoms with Gasteiger partial charge in [0.1, 0.15) is 0 Å². The first-order valence-electron chi connectivity index (χ1n) is 13.1. The van der Waals surface area contributed by atoms with Gasteiger partial charge in [0.15, 0.2) is 0 Å². The minimum atomic E-state index is -0.615. The van der Waals surface area contributed by atoms with E-state index in [1.807, 2.05) is 6.92 Å². The minimum Gasteiger partial charge on any atom is -0.392 e. The largest absolute Gasteiger partial charge is 0.392 e. The smallest absolute Gasteiger partial charge is 0.0654 e. The molecule has 31 heavy (non-hydrogen) atoms. The Morgan fingerprint density at radius 2 is 1.94 bits per heavy atom. The molecule has 0 aromatic carbocycles. The summed E-state index contributed by atoms with van der Waals surface area (Å²) in [6.45, 7) is 9.35. The van der Waals surface area contributed by atoms with E-state index in [-0.39, 0.29) is 12.0 Å². The van der Waals surface area contributed by atoms with Gasteiger partial charge in [-0.1, -0.05) is 56.4 Å². The van der Waals surface area contributed by atoms with Crippen molar-refractivity contribution in [2.45, 2.75) is 96.2 Å². The highest BCUT2D eigenvalue weighted by molar-refractivity contribution is 5.20. The quantitative estimate of drug-likeness (QED) is 0.313. The van der Waals surface area contributed by atoms with Gasteiger partial charge in [0.05, 0.1) is 24.9 Å². The SMILES string of the molecule is CCCC[C@](C)(O)CC=C[C@@H]1[C@H]2CC(CCCCCCN3CCOCC3)=C[C@H]2C[C@H]1O. The maximum absolute atomic E-state index is 10.6. The van der Waals surface area contributed by atoms with Gasteiger partial charge in [-0.3, -0.25) is 4.90 Å². The first kappa shape index (κ1) is 25.0. The average Bonchev–Trinajstić information content (AvgIpc) is 3.27. The highest BCUT2D eigenvalue weighted by atomic mass is 16.5. The standard InChI is InChI=1S/C27H47NO3/c1-3-4-12-27(2,30)13-9-11-24-25-20-22(19-23(25)21-26(24)29)10-7-5-6-8-14-28-15-17-31-18-16-28/h9,11,19,23-26,29-30H,3-8,10,12-18,20-21H2,1-2H3/t23-,24+,25-,26+,27-/m0/s1. The van der Waals surface area contributed by atoms with Crippen LogP contribution in [0.15, 0.2) is 23.8 Å². The molecule has 3 aliphatic rings. The van der Waals surface area contributed by atoms with Gasteiger partial charge in [-0.2, -0.15) is 0 Å². The topological polar surface area (TPSA) is 52.9 Å². The second-order valence-electron chi connectivity index (χ2n) is 10.6. The van der Waals surface area contributed by atoms with Crippen LogP contribution >= 0.6 is 0 Å². The Balaban J connectivity index is 1.33. The van der Waals surface area contributed by atoms with Gasteiger partial charge in [-0.05, 0) is 70.3 Å². The third-order valence-electron chi connectivity index (χ3n) is 7.76. The molecule has 0 radical (unpaired) electrons. The van der Waals surface area contributed by atoms with Crippen molar-refractivity contribution in [2.75, 3.05) is 32.8 Å². The molecule has 0 spiro atoms. The van der Waals surface area contributed by atoms with Crippen LogP contribution in [0.2, 0.25) is 0 Å². The molecule has 1 saturated heterocycles. The fraction of sp³-hybridized carbons (Fsp3) is 0.852. The normalized spacial score (nSPS) is 31.2. The summed E-state index contributed by atoms with van der Waals surface area (Å²) >= 11 is 0. The van der Waals surface area contributed by atoms with E-state index in [2.05, 4.69) is 30.1 Å². The number of ether oxygens (including phenoxy) is 1. The zero-order chi connectivity index (χ0) is 22.1. The Bertz CT molecular complexity index is 579. The zero-order valence-corrected chi connectivity index (χ0v) is 20.1. The average molecular weight is 434 g/mol. The molecule has 0 unspecified atom stereocenters. The van der Waals surface area contributed by atoms with Crippen molar-refractivity contribution in [1.29, 1.82) is 0 Å². The third-order valence-corrected chi connectivity index (χ3v) is 7.76. The van der Waals surface area contributed by atoms with Crippen LogP contribution in [0.4, 0.5) is 0 Å². The van der Waals surface area contributed by atoms with Crippen molar-refractivity contribution in [3.8, 4) is 0 Å². The molecular formula is C27H47NO3. The molecular weight excluding hydrogens is 386 g/mol. The number of hydrogen-bond acceptors (Lipinski definition) is 4. The van der Waals surface area contributed by atoms with Crippen LogP contribution < -0.4 is 0 Å². The number of hydrogen-bond donors (Lipinski definition) is 2. The summed E-state index contributed by atoms with van der Waals surface area (Å²) in [4.78, 5) is 2.53. The Kier molecular flexibility index (Phi) is 10.1. The Morgan fingerprint density at radius 1 is 1.16 bits per heavy atom. The van der Waals surface area contributed by atoms with Crippen LogP contribution in [-0.2, 0) is 4.74 Å². The Hall–Kier alpha value is -0.680. The van der Waals surface area contributed by atoms with Crippen molar-refractivity contribution in [3.05, 3.63) is 23.8 Å². The van der Waals surface area contributed by atoms with E-state index in [4.69, 9.17) is 4.74 Å². The summed E-state index contributed by atoms with van der Waals surface area (Å²) in [7, 11) is 0. The lowest BCUT2D eigenvalue weighted by Crippen LogP contribution is -2.36. The van der Waals surface area contributed by atoms with Gasteiger partial charge in [-0.15, -0.1) is 0 Å². The first-order chi connectivity index (χ1) is 15.0. The number of morpholine rings is 1. The molecule has 0 aromatic heterocycles. The summed E-state index contributed by atoms with van der Waals surface area (Å²) in [5.41, 5.74) is 1.01. The first-order valence-corrected chi connectivity index (χ1v) is 13.1. The highest BCUT2D eigenvalue weighted by Crippen LogP contribution is 2.48. The van der Waals surface area contributed by atoms with E-state index >= 15 is 0 Å². The number of nitrogens with zero attached hydrogens (tertiary/aromatic N) is 1. The molecule has 0 aromatic rings. The molecule has 178 valence electrons. The molecule has 2 fully saturated rings. The number of aliphatic hydroxyl groups is 2. The summed E-state index contributed by atoms with van der Waals surface area (Å²) in [6, 6.07) is 0. The molecule has 0 bridgehead atoms. The molecule has 1 heterocycles. The molecule has 4 heteroatoms. The molecule has 1 saturated carbocycles. The molecule has 3 rings (SSSR count). The van der Waals surface area contributed by atoms with Crippen LogP contribution in [-0.4, -0.2) is 59.7 Å². The second kappa shape index (κ2) is 12.5. The number of rotatable bonds is 13. The predicted molar refractivity (Wildman–Crippen MR) is 128 cm³/mol. The second-order valence-corrected chi connectivity index (χ2v) is 10.6. The highest BCUT2D eigenvalue weighted by Gasteiger charge is 2.43. The lowest BCUT2D eigenvalue weighted by molar-refractivity contribution is 0.0371. The number of fused-ring (bicyclic) bond motifs is 1. The molecule has 4 nitrogen and oxygen atoms in total. The van der Waals surface area contributed by atoms with E-state index < -0.39 is 5.60 Å². The van der Waals surface area contributed by atoms with E-state index in [9.17, 15) is 10.2 Å². The Morgan fingerprint density at radius 3 is 2.71 bits per heavy atom. The van der Waals surface area contributed by atoms with Gasteiger partial charge >= 0.3 is 0 Å². The lowest BCUT2D eigenvalue weighted by atomic mass is 9.87. The van der Waals surface area contributed by atoms with Crippen molar-refractivity contribution < 1.29 is 14.9 Å². The van der Waals surface area contributed by atoms with Gasteiger partial charge < -0.3 is 14.9 Å². The Labute approximate surface area is 190 Å².